The molecular weight excluding hydrogens is 444 g/mol. The van der Waals surface area contributed by atoms with Gasteiger partial charge in [0.05, 0.1) is 22.8 Å². The molecule has 4 heterocycles. The van der Waals surface area contributed by atoms with E-state index in [1.54, 1.807) is 18.3 Å². The SMILES string of the molecule is Cc1cc(CN2CCC(n3ncc4c(Oc5ccc(S(C)(=O)=O)cc5)ncnc43)CC2)no1. The number of ether oxygens (including phenoxy) is 1. The molecule has 1 saturated heterocycles. The summed E-state index contributed by atoms with van der Waals surface area (Å²) in [5.74, 6) is 1.70. The lowest BCUT2D eigenvalue weighted by Crippen LogP contribution is -2.34. The number of hydrogen-bond acceptors (Lipinski definition) is 9. The van der Waals surface area contributed by atoms with Gasteiger partial charge in [-0.25, -0.2) is 23.1 Å². The predicted octanol–water partition coefficient (Wildman–Crippen LogP) is 3.16. The molecule has 0 N–H and O–H groups in total. The van der Waals surface area contributed by atoms with Crippen molar-refractivity contribution >= 4 is 20.9 Å². The lowest BCUT2D eigenvalue weighted by molar-refractivity contribution is 0.171. The molecular formula is C22H24N6O4S. The second-order valence-electron chi connectivity index (χ2n) is 8.29. The van der Waals surface area contributed by atoms with Crippen molar-refractivity contribution in [3.05, 3.63) is 54.3 Å². The van der Waals surface area contributed by atoms with Crippen molar-refractivity contribution in [2.24, 2.45) is 0 Å². The summed E-state index contributed by atoms with van der Waals surface area (Å²) in [6, 6.07) is 8.46. The number of piperidine rings is 1. The van der Waals surface area contributed by atoms with Crippen LogP contribution in [0.2, 0.25) is 0 Å². The Kier molecular flexibility index (Phi) is 5.59. The van der Waals surface area contributed by atoms with Gasteiger partial charge in [0.25, 0.3) is 0 Å². The lowest BCUT2D eigenvalue weighted by atomic mass is 10.1. The second-order valence-corrected chi connectivity index (χ2v) is 10.3. The fourth-order valence-corrected chi connectivity index (χ4v) is 4.73. The van der Waals surface area contributed by atoms with Gasteiger partial charge < -0.3 is 9.26 Å². The van der Waals surface area contributed by atoms with E-state index in [4.69, 9.17) is 9.26 Å². The fourth-order valence-electron chi connectivity index (χ4n) is 4.10. The van der Waals surface area contributed by atoms with Gasteiger partial charge in [-0.15, -0.1) is 0 Å². The van der Waals surface area contributed by atoms with Crippen LogP contribution in [0.25, 0.3) is 11.0 Å². The minimum absolute atomic E-state index is 0.231. The number of hydrogen-bond donors (Lipinski definition) is 0. The zero-order valence-electron chi connectivity index (χ0n) is 18.4. The van der Waals surface area contributed by atoms with E-state index in [1.807, 2.05) is 17.7 Å². The Balaban J connectivity index is 1.30. The van der Waals surface area contributed by atoms with Gasteiger partial charge in [0.2, 0.25) is 5.88 Å². The van der Waals surface area contributed by atoms with Crippen LogP contribution in [0.1, 0.15) is 30.3 Å². The van der Waals surface area contributed by atoms with Crippen LogP contribution in [0.4, 0.5) is 0 Å². The van der Waals surface area contributed by atoms with Crippen LogP contribution in [-0.4, -0.2) is 57.6 Å². The minimum Gasteiger partial charge on any atom is -0.438 e. The van der Waals surface area contributed by atoms with Crippen LogP contribution in [0.3, 0.4) is 0 Å². The van der Waals surface area contributed by atoms with Gasteiger partial charge in [0.1, 0.15) is 23.2 Å². The number of nitrogens with zero attached hydrogens (tertiary/aromatic N) is 6. The average Bonchev–Trinajstić information content (AvgIpc) is 3.41. The molecule has 172 valence electrons. The molecule has 11 heteroatoms. The largest absolute Gasteiger partial charge is 0.438 e. The quantitative estimate of drug-likeness (QED) is 0.421. The predicted molar refractivity (Wildman–Crippen MR) is 120 cm³/mol. The number of rotatable bonds is 6. The van der Waals surface area contributed by atoms with Crippen LogP contribution in [0.15, 0.2) is 52.3 Å². The maximum absolute atomic E-state index is 11.7. The van der Waals surface area contributed by atoms with E-state index in [9.17, 15) is 8.42 Å². The molecule has 10 nitrogen and oxygen atoms in total. The third-order valence-electron chi connectivity index (χ3n) is 5.79. The zero-order chi connectivity index (χ0) is 23.0. The third-order valence-corrected chi connectivity index (χ3v) is 6.91. The van der Waals surface area contributed by atoms with Gasteiger partial charge in [-0.2, -0.15) is 5.10 Å². The van der Waals surface area contributed by atoms with E-state index in [0.29, 0.717) is 17.0 Å². The molecule has 0 saturated carbocycles. The van der Waals surface area contributed by atoms with Crippen molar-refractivity contribution in [3.8, 4) is 11.6 Å². The summed E-state index contributed by atoms with van der Waals surface area (Å²) in [7, 11) is -3.26. The number of sulfone groups is 1. The van der Waals surface area contributed by atoms with Crippen LogP contribution in [0, 0.1) is 6.92 Å². The van der Waals surface area contributed by atoms with Crippen molar-refractivity contribution < 1.29 is 17.7 Å². The van der Waals surface area contributed by atoms with Crippen LogP contribution in [-0.2, 0) is 16.4 Å². The molecule has 1 aromatic carbocycles. The molecule has 0 bridgehead atoms. The van der Waals surface area contributed by atoms with Crippen LogP contribution >= 0.6 is 0 Å². The first-order valence-corrected chi connectivity index (χ1v) is 12.6. The molecule has 5 rings (SSSR count). The Morgan fingerprint density at radius 3 is 2.58 bits per heavy atom. The molecule has 33 heavy (non-hydrogen) atoms. The van der Waals surface area contributed by atoms with Gasteiger partial charge in [-0.1, -0.05) is 5.16 Å². The normalized spacial score (nSPS) is 15.8. The monoisotopic (exact) mass is 468 g/mol. The molecule has 0 unspecified atom stereocenters. The second kappa shape index (κ2) is 8.56. The Morgan fingerprint density at radius 2 is 1.91 bits per heavy atom. The van der Waals surface area contributed by atoms with E-state index < -0.39 is 9.84 Å². The topological polar surface area (TPSA) is 116 Å². The van der Waals surface area contributed by atoms with E-state index in [-0.39, 0.29) is 10.9 Å². The first-order valence-electron chi connectivity index (χ1n) is 10.7. The van der Waals surface area contributed by atoms with E-state index in [0.717, 1.165) is 49.6 Å². The summed E-state index contributed by atoms with van der Waals surface area (Å²) in [5.41, 5.74) is 1.67. The van der Waals surface area contributed by atoms with E-state index >= 15 is 0 Å². The molecule has 0 aliphatic carbocycles. The summed E-state index contributed by atoms with van der Waals surface area (Å²) in [4.78, 5) is 11.3. The summed E-state index contributed by atoms with van der Waals surface area (Å²) < 4.78 is 36.4. The van der Waals surface area contributed by atoms with Gasteiger partial charge in [-0.05, 0) is 44.0 Å². The first-order chi connectivity index (χ1) is 15.9. The van der Waals surface area contributed by atoms with Crippen molar-refractivity contribution in [3.63, 3.8) is 0 Å². The molecule has 1 fully saturated rings. The third kappa shape index (κ3) is 4.60. The zero-order valence-corrected chi connectivity index (χ0v) is 19.2. The summed E-state index contributed by atoms with van der Waals surface area (Å²) in [6.45, 7) is 4.54. The minimum atomic E-state index is -3.26. The van der Waals surface area contributed by atoms with Crippen molar-refractivity contribution in [1.29, 1.82) is 0 Å². The summed E-state index contributed by atoms with van der Waals surface area (Å²) >= 11 is 0. The Hall–Kier alpha value is -3.31. The highest BCUT2D eigenvalue weighted by atomic mass is 32.2. The smallest absolute Gasteiger partial charge is 0.233 e. The Labute approximate surface area is 191 Å². The van der Waals surface area contributed by atoms with E-state index in [1.165, 1.54) is 24.7 Å². The van der Waals surface area contributed by atoms with Crippen molar-refractivity contribution in [1.82, 2.24) is 29.8 Å². The van der Waals surface area contributed by atoms with Gasteiger partial charge in [0.15, 0.2) is 15.5 Å². The molecule has 3 aromatic heterocycles. The number of aromatic nitrogens is 5. The highest BCUT2D eigenvalue weighted by Crippen LogP contribution is 2.31. The summed E-state index contributed by atoms with van der Waals surface area (Å²) in [5, 5.41) is 9.39. The Morgan fingerprint density at radius 1 is 1.15 bits per heavy atom. The van der Waals surface area contributed by atoms with Crippen molar-refractivity contribution in [2.75, 3.05) is 19.3 Å². The maximum Gasteiger partial charge on any atom is 0.233 e. The standard InChI is InChI=1S/C22H24N6O4S/c1-15-11-16(26-32-15)13-27-9-7-17(8-10-27)28-21-20(12-25-28)22(24-14-23-21)31-18-3-5-19(6-4-18)33(2,29)30/h3-6,11-12,14,17H,7-10,13H2,1-2H3. The maximum atomic E-state index is 11.7. The number of fused-ring (bicyclic) bond motifs is 1. The van der Waals surface area contributed by atoms with Gasteiger partial charge >= 0.3 is 0 Å². The molecule has 1 aliphatic rings. The van der Waals surface area contributed by atoms with E-state index in [2.05, 4.69) is 25.1 Å². The van der Waals surface area contributed by atoms with Gasteiger partial charge in [-0.3, -0.25) is 4.90 Å². The van der Waals surface area contributed by atoms with Crippen molar-refractivity contribution in [2.45, 2.75) is 37.2 Å². The number of likely N-dealkylation sites (tertiary alicyclic amines) is 1. The molecule has 0 radical (unpaired) electrons. The molecule has 0 spiro atoms. The Bertz CT molecular complexity index is 1370. The molecule has 0 atom stereocenters. The lowest BCUT2D eigenvalue weighted by Gasteiger charge is -2.31. The molecule has 0 amide bonds. The first kappa shape index (κ1) is 21.5. The number of aryl methyl sites for hydroxylation is 1. The van der Waals surface area contributed by atoms with Crippen LogP contribution in [0.5, 0.6) is 11.6 Å². The van der Waals surface area contributed by atoms with Gasteiger partial charge in [0, 0.05) is 32.0 Å². The fraction of sp³-hybridized carbons (Fsp3) is 0.364. The summed E-state index contributed by atoms with van der Waals surface area (Å²) in [6.07, 6.45) is 6.25. The average molecular weight is 469 g/mol. The molecule has 1 aliphatic heterocycles. The number of benzene rings is 1. The van der Waals surface area contributed by atoms with Crippen LogP contribution < -0.4 is 4.74 Å². The highest BCUT2D eigenvalue weighted by Gasteiger charge is 2.24. The molecule has 4 aromatic rings. The highest BCUT2D eigenvalue weighted by molar-refractivity contribution is 7.90.